The van der Waals surface area contributed by atoms with Gasteiger partial charge in [0.1, 0.15) is 23.9 Å². The van der Waals surface area contributed by atoms with Crippen molar-refractivity contribution in [3.8, 4) is 17.2 Å². The van der Waals surface area contributed by atoms with Crippen LogP contribution in [0.3, 0.4) is 0 Å². The maximum absolute atomic E-state index is 5.99. The molecule has 0 N–H and O–H groups in total. The second-order valence-corrected chi connectivity index (χ2v) is 7.05. The molecule has 4 nitrogen and oxygen atoms in total. The lowest BCUT2D eigenvalue weighted by Crippen LogP contribution is -2.11. The molecule has 3 aromatic rings. The van der Waals surface area contributed by atoms with Crippen molar-refractivity contribution < 1.29 is 14.2 Å². The molecule has 1 aliphatic heterocycles. The average Bonchev–Trinajstić information content (AvgIpc) is 2.81. The van der Waals surface area contributed by atoms with Crippen molar-refractivity contribution in [3.63, 3.8) is 0 Å². The Labute approximate surface area is 177 Å². The topological polar surface area (TPSA) is 40.0 Å². The van der Waals surface area contributed by atoms with Crippen LogP contribution in [0.25, 0.3) is 6.08 Å². The fourth-order valence-corrected chi connectivity index (χ4v) is 3.52. The minimum absolute atomic E-state index is 0.566. The van der Waals surface area contributed by atoms with Gasteiger partial charge in [-0.3, -0.25) is 4.99 Å². The predicted molar refractivity (Wildman–Crippen MR) is 121 cm³/mol. The molecular formula is C26H25NO3. The average molecular weight is 399 g/mol. The third kappa shape index (κ3) is 4.54. The highest BCUT2D eigenvalue weighted by Gasteiger charge is 2.13. The van der Waals surface area contributed by atoms with Crippen LogP contribution in [-0.2, 0) is 13.0 Å². The van der Waals surface area contributed by atoms with Crippen LogP contribution in [0.2, 0.25) is 0 Å². The molecule has 4 heteroatoms. The fraction of sp³-hybridized carbons (Fsp3) is 0.192. The van der Waals surface area contributed by atoms with Crippen molar-refractivity contribution in [3.05, 3.63) is 95.1 Å². The van der Waals surface area contributed by atoms with E-state index in [0.29, 0.717) is 6.61 Å². The van der Waals surface area contributed by atoms with Crippen molar-refractivity contribution in [2.24, 2.45) is 4.99 Å². The lowest BCUT2D eigenvalue weighted by molar-refractivity contribution is 0.306. The predicted octanol–water partition coefficient (Wildman–Crippen LogP) is 5.34. The van der Waals surface area contributed by atoms with E-state index in [9.17, 15) is 0 Å². The van der Waals surface area contributed by atoms with E-state index in [1.807, 2.05) is 54.6 Å². The number of ether oxygens (including phenoxy) is 3. The second-order valence-electron chi connectivity index (χ2n) is 7.05. The first-order valence-corrected chi connectivity index (χ1v) is 10.0. The quantitative estimate of drug-likeness (QED) is 0.538. The largest absolute Gasteiger partial charge is 0.497 e. The van der Waals surface area contributed by atoms with Gasteiger partial charge in [-0.15, -0.1) is 0 Å². The van der Waals surface area contributed by atoms with Crippen LogP contribution < -0.4 is 14.2 Å². The molecule has 0 saturated heterocycles. The maximum atomic E-state index is 5.99. The number of rotatable bonds is 7. The Morgan fingerprint density at radius 1 is 0.867 bits per heavy atom. The molecule has 4 rings (SSSR count). The van der Waals surface area contributed by atoms with Gasteiger partial charge in [-0.25, -0.2) is 0 Å². The van der Waals surface area contributed by atoms with Gasteiger partial charge in [0.15, 0.2) is 0 Å². The van der Waals surface area contributed by atoms with Crippen molar-refractivity contribution in [2.45, 2.75) is 13.0 Å². The molecule has 1 aliphatic rings. The molecule has 0 spiro atoms. The molecule has 0 unspecified atom stereocenters. The standard InChI is InChI=1S/C26H25NO3/c1-28-22-10-13-26(29-2)21(17-22)8-12-25-24-11-9-23(16-20(24)14-15-27-25)30-18-19-6-4-3-5-7-19/h3-13,16-17H,14-15,18H2,1-2H3. The smallest absolute Gasteiger partial charge is 0.126 e. The van der Waals surface area contributed by atoms with Crippen LogP contribution in [0.1, 0.15) is 22.3 Å². The monoisotopic (exact) mass is 399 g/mol. The third-order valence-electron chi connectivity index (χ3n) is 5.12. The third-order valence-corrected chi connectivity index (χ3v) is 5.12. The molecular weight excluding hydrogens is 374 g/mol. The Bertz CT molecular complexity index is 1070. The summed E-state index contributed by atoms with van der Waals surface area (Å²) in [6, 6.07) is 22.2. The summed E-state index contributed by atoms with van der Waals surface area (Å²) in [5.74, 6) is 2.48. The number of allylic oxidation sites excluding steroid dienone is 1. The van der Waals surface area contributed by atoms with Crippen molar-refractivity contribution in [2.75, 3.05) is 20.8 Å². The van der Waals surface area contributed by atoms with Gasteiger partial charge in [0.05, 0.1) is 19.9 Å². The summed E-state index contributed by atoms with van der Waals surface area (Å²) in [4.78, 5) is 4.72. The Morgan fingerprint density at radius 2 is 1.70 bits per heavy atom. The first-order chi connectivity index (χ1) is 14.8. The lowest BCUT2D eigenvalue weighted by Gasteiger charge is -2.17. The summed E-state index contributed by atoms with van der Waals surface area (Å²) >= 11 is 0. The van der Waals surface area contributed by atoms with E-state index in [-0.39, 0.29) is 0 Å². The van der Waals surface area contributed by atoms with Crippen LogP contribution in [0, 0.1) is 0 Å². The van der Waals surface area contributed by atoms with Gasteiger partial charge < -0.3 is 14.2 Å². The van der Waals surface area contributed by atoms with Crippen LogP contribution in [0.4, 0.5) is 0 Å². The molecule has 0 bridgehead atoms. The molecule has 0 radical (unpaired) electrons. The van der Waals surface area contributed by atoms with Gasteiger partial charge >= 0.3 is 0 Å². The highest BCUT2D eigenvalue weighted by Crippen LogP contribution is 2.27. The van der Waals surface area contributed by atoms with Crippen molar-refractivity contribution in [1.82, 2.24) is 0 Å². The number of hydrogen-bond donors (Lipinski definition) is 0. The van der Waals surface area contributed by atoms with Gasteiger partial charge in [-0.2, -0.15) is 0 Å². The second kappa shape index (κ2) is 9.31. The molecule has 30 heavy (non-hydrogen) atoms. The van der Waals surface area contributed by atoms with Gasteiger partial charge in [-0.1, -0.05) is 30.3 Å². The van der Waals surface area contributed by atoms with Crippen molar-refractivity contribution in [1.29, 1.82) is 0 Å². The summed E-state index contributed by atoms with van der Waals surface area (Å²) in [5, 5.41) is 0. The number of fused-ring (bicyclic) bond motifs is 1. The first kappa shape index (κ1) is 19.8. The fourth-order valence-electron chi connectivity index (χ4n) is 3.52. The van der Waals surface area contributed by atoms with E-state index >= 15 is 0 Å². The minimum Gasteiger partial charge on any atom is -0.497 e. The van der Waals surface area contributed by atoms with E-state index in [1.165, 1.54) is 5.56 Å². The molecule has 0 fully saturated rings. The van der Waals surface area contributed by atoms with E-state index in [1.54, 1.807) is 14.2 Å². The van der Waals surface area contributed by atoms with E-state index < -0.39 is 0 Å². The highest BCUT2D eigenvalue weighted by atomic mass is 16.5. The van der Waals surface area contributed by atoms with Gasteiger partial charge in [0.25, 0.3) is 0 Å². The summed E-state index contributed by atoms with van der Waals surface area (Å²) in [5.41, 5.74) is 5.48. The molecule has 0 atom stereocenters. The maximum Gasteiger partial charge on any atom is 0.126 e. The summed E-state index contributed by atoms with van der Waals surface area (Å²) in [6.07, 6.45) is 4.98. The summed E-state index contributed by atoms with van der Waals surface area (Å²) in [7, 11) is 3.33. The van der Waals surface area contributed by atoms with Gasteiger partial charge in [0.2, 0.25) is 0 Å². The van der Waals surface area contributed by atoms with Gasteiger partial charge in [0, 0.05) is 17.7 Å². The zero-order chi connectivity index (χ0) is 20.8. The molecule has 0 saturated carbocycles. The number of nitrogens with zero attached hydrogens (tertiary/aromatic N) is 1. The zero-order valence-electron chi connectivity index (χ0n) is 17.3. The number of aliphatic imine (C=N–C) groups is 1. The number of methoxy groups -OCH3 is 2. The van der Waals surface area contributed by atoms with Crippen molar-refractivity contribution >= 4 is 11.8 Å². The van der Waals surface area contributed by atoms with Crippen LogP contribution in [0.5, 0.6) is 17.2 Å². The van der Waals surface area contributed by atoms with E-state index in [4.69, 9.17) is 19.2 Å². The molecule has 152 valence electrons. The lowest BCUT2D eigenvalue weighted by atomic mass is 9.96. The SMILES string of the molecule is COc1ccc(OC)c(C=CC2=NCCc3cc(OCc4ccccc4)ccc32)c1. The highest BCUT2D eigenvalue weighted by molar-refractivity contribution is 6.12. The van der Waals surface area contributed by atoms with Crippen LogP contribution in [0.15, 0.2) is 77.8 Å². The molecule has 0 aliphatic carbocycles. The molecule has 0 aromatic heterocycles. The number of benzene rings is 3. The molecule has 0 amide bonds. The Kier molecular flexibility index (Phi) is 6.14. The molecule has 3 aromatic carbocycles. The van der Waals surface area contributed by atoms with Crippen LogP contribution >= 0.6 is 0 Å². The Balaban J connectivity index is 1.52. The Morgan fingerprint density at radius 3 is 2.50 bits per heavy atom. The normalized spacial score (nSPS) is 12.9. The van der Waals surface area contributed by atoms with Gasteiger partial charge in [-0.05, 0) is 66.1 Å². The zero-order valence-corrected chi connectivity index (χ0v) is 17.3. The number of hydrogen-bond acceptors (Lipinski definition) is 4. The van der Waals surface area contributed by atoms with Crippen LogP contribution in [-0.4, -0.2) is 26.5 Å². The Hall–Kier alpha value is -3.53. The summed E-state index contributed by atoms with van der Waals surface area (Å²) < 4.78 is 16.8. The summed E-state index contributed by atoms with van der Waals surface area (Å²) in [6.45, 7) is 1.33. The van der Waals surface area contributed by atoms with E-state index in [2.05, 4.69) is 24.3 Å². The first-order valence-electron chi connectivity index (χ1n) is 10.0. The minimum atomic E-state index is 0.566. The van der Waals surface area contributed by atoms with E-state index in [0.717, 1.165) is 52.6 Å². The molecule has 1 heterocycles.